The second-order valence-electron chi connectivity index (χ2n) is 7.29. The number of sulfone groups is 1. The summed E-state index contributed by atoms with van der Waals surface area (Å²) < 4.78 is 34.7. The SMILES string of the molecule is CCOC=C(C(=O)c1ccc(S(C)(=O)=O)c(C(=O)OC(C)C)c1C)C(=O)C1CC1. The fraction of sp³-hybridized carbons (Fsp3) is 0.476. The minimum atomic E-state index is -3.75. The molecule has 0 amide bonds. The van der Waals surface area contributed by atoms with Crippen LogP contribution in [-0.2, 0) is 24.1 Å². The molecule has 0 bridgehead atoms. The summed E-state index contributed by atoms with van der Waals surface area (Å²) in [6.45, 7) is 6.76. The molecular weight excluding hydrogens is 396 g/mol. The summed E-state index contributed by atoms with van der Waals surface area (Å²) in [5, 5.41) is 0. The monoisotopic (exact) mass is 422 g/mol. The van der Waals surface area contributed by atoms with Crippen LogP contribution < -0.4 is 0 Å². The molecule has 7 nitrogen and oxygen atoms in total. The lowest BCUT2D eigenvalue weighted by atomic mass is 9.93. The molecule has 0 heterocycles. The Bertz CT molecular complexity index is 967. The molecule has 158 valence electrons. The molecule has 1 saturated carbocycles. The lowest BCUT2D eigenvalue weighted by molar-refractivity contribution is -0.116. The molecule has 0 saturated heterocycles. The van der Waals surface area contributed by atoms with Gasteiger partial charge in [0.2, 0.25) is 0 Å². The van der Waals surface area contributed by atoms with E-state index in [-0.39, 0.29) is 45.5 Å². The van der Waals surface area contributed by atoms with Crippen LogP contribution in [0.5, 0.6) is 0 Å². The van der Waals surface area contributed by atoms with Crippen LogP contribution in [0.1, 0.15) is 59.9 Å². The Morgan fingerprint density at radius 1 is 1.21 bits per heavy atom. The van der Waals surface area contributed by atoms with E-state index in [0.29, 0.717) is 12.8 Å². The van der Waals surface area contributed by atoms with Crippen molar-refractivity contribution in [1.82, 2.24) is 0 Å². The van der Waals surface area contributed by atoms with E-state index in [1.165, 1.54) is 19.1 Å². The van der Waals surface area contributed by atoms with Crippen LogP contribution in [0.2, 0.25) is 0 Å². The van der Waals surface area contributed by atoms with Crippen molar-refractivity contribution in [3.05, 3.63) is 40.7 Å². The third kappa shape index (κ3) is 5.32. The van der Waals surface area contributed by atoms with E-state index in [1.54, 1.807) is 20.8 Å². The number of esters is 1. The molecule has 0 radical (unpaired) electrons. The highest BCUT2D eigenvalue weighted by molar-refractivity contribution is 7.90. The number of carbonyl (C=O) groups is 3. The first-order valence-electron chi connectivity index (χ1n) is 9.44. The largest absolute Gasteiger partial charge is 0.501 e. The van der Waals surface area contributed by atoms with Gasteiger partial charge in [-0.1, -0.05) is 0 Å². The minimum absolute atomic E-state index is 0.0630. The van der Waals surface area contributed by atoms with E-state index in [2.05, 4.69) is 0 Å². The van der Waals surface area contributed by atoms with Crippen molar-refractivity contribution in [3.8, 4) is 0 Å². The van der Waals surface area contributed by atoms with Gasteiger partial charge in [-0.25, -0.2) is 13.2 Å². The van der Waals surface area contributed by atoms with Gasteiger partial charge >= 0.3 is 5.97 Å². The molecule has 0 N–H and O–H groups in total. The number of ketones is 2. The molecule has 1 aliphatic rings. The summed E-state index contributed by atoms with van der Waals surface area (Å²) in [6, 6.07) is 2.52. The number of benzene rings is 1. The maximum absolute atomic E-state index is 13.1. The highest BCUT2D eigenvalue weighted by Crippen LogP contribution is 2.34. The van der Waals surface area contributed by atoms with Gasteiger partial charge < -0.3 is 9.47 Å². The first-order chi connectivity index (χ1) is 13.5. The third-order valence-corrected chi connectivity index (χ3v) is 5.58. The average molecular weight is 422 g/mol. The van der Waals surface area contributed by atoms with Gasteiger partial charge in [-0.15, -0.1) is 0 Å². The maximum atomic E-state index is 13.1. The zero-order valence-corrected chi connectivity index (χ0v) is 18.1. The summed E-state index contributed by atoms with van der Waals surface area (Å²) in [4.78, 5) is 38.1. The maximum Gasteiger partial charge on any atom is 0.340 e. The molecule has 1 fully saturated rings. The van der Waals surface area contributed by atoms with Crippen LogP contribution in [0, 0.1) is 12.8 Å². The fourth-order valence-electron chi connectivity index (χ4n) is 2.87. The van der Waals surface area contributed by atoms with Crippen molar-refractivity contribution in [2.45, 2.75) is 51.5 Å². The molecule has 0 spiro atoms. The molecule has 2 rings (SSSR count). The van der Waals surface area contributed by atoms with Gasteiger partial charge in [0.25, 0.3) is 0 Å². The van der Waals surface area contributed by atoms with E-state index in [4.69, 9.17) is 9.47 Å². The molecule has 1 aromatic rings. The minimum Gasteiger partial charge on any atom is -0.501 e. The van der Waals surface area contributed by atoms with Crippen molar-refractivity contribution in [2.75, 3.05) is 12.9 Å². The van der Waals surface area contributed by atoms with Crippen molar-refractivity contribution < 1.29 is 32.3 Å². The smallest absolute Gasteiger partial charge is 0.340 e. The van der Waals surface area contributed by atoms with Crippen LogP contribution in [0.3, 0.4) is 0 Å². The van der Waals surface area contributed by atoms with Gasteiger partial charge in [0, 0.05) is 17.7 Å². The molecule has 29 heavy (non-hydrogen) atoms. The number of Topliss-reactive ketones (excluding diaryl/α,β-unsaturated/α-hetero) is 2. The Labute approximate surface area is 171 Å². The Kier molecular flexibility index (Phi) is 7.00. The number of allylic oxidation sites excluding steroid dienone is 1. The van der Waals surface area contributed by atoms with E-state index in [1.807, 2.05) is 0 Å². The second kappa shape index (κ2) is 8.90. The number of carbonyl (C=O) groups excluding carboxylic acids is 3. The van der Waals surface area contributed by atoms with Crippen LogP contribution in [0.15, 0.2) is 28.9 Å². The molecule has 8 heteroatoms. The molecule has 0 aliphatic heterocycles. The topological polar surface area (TPSA) is 104 Å². The lowest BCUT2D eigenvalue weighted by Crippen LogP contribution is -2.21. The van der Waals surface area contributed by atoms with E-state index < -0.39 is 27.7 Å². The number of rotatable bonds is 9. The summed E-state index contributed by atoms with van der Waals surface area (Å²) in [5.74, 6) is -1.95. The average Bonchev–Trinajstić information content (AvgIpc) is 3.44. The molecule has 0 aromatic heterocycles. The Morgan fingerprint density at radius 2 is 1.83 bits per heavy atom. The Hall–Kier alpha value is -2.48. The first kappa shape index (κ1) is 22.8. The van der Waals surface area contributed by atoms with Gasteiger partial charge in [0.1, 0.15) is 5.57 Å². The van der Waals surface area contributed by atoms with Crippen LogP contribution in [-0.4, -0.2) is 44.9 Å². The van der Waals surface area contributed by atoms with Crippen LogP contribution in [0.4, 0.5) is 0 Å². The number of hydrogen-bond donors (Lipinski definition) is 0. The van der Waals surface area contributed by atoms with Gasteiger partial charge in [-0.2, -0.15) is 0 Å². The predicted molar refractivity (Wildman–Crippen MR) is 107 cm³/mol. The van der Waals surface area contributed by atoms with Crippen LogP contribution >= 0.6 is 0 Å². The third-order valence-electron chi connectivity index (χ3n) is 4.44. The molecule has 0 atom stereocenters. The van der Waals surface area contributed by atoms with Crippen molar-refractivity contribution in [3.63, 3.8) is 0 Å². The van der Waals surface area contributed by atoms with Crippen molar-refractivity contribution >= 4 is 27.4 Å². The second-order valence-corrected chi connectivity index (χ2v) is 9.28. The Morgan fingerprint density at radius 3 is 2.31 bits per heavy atom. The van der Waals surface area contributed by atoms with Gasteiger partial charge in [0.05, 0.1) is 29.4 Å². The summed E-state index contributed by atoms with van der Waals surface area (Å²) in [6.07, 6.45) is 3.09. The van der Waals surface area contributed by atoms with Crippen molar-refractivity contribution in [2.24, 2.45) is 5.92 Å². The molecule has 1 aromatic carbocycles. The molecule has 0 unspecified atom stereocenters. The van der Waals surface area contributed by atoms with E-state index in [0.717, 1.165) is 12.5 Å². The molecular formula is C21H26O7S. The number of ether oxygens (including phenoxy) is 2. The zero-order valence-electron chi connectivity index (χ0n) is 17.3. The normalized spacial score (nSPS) is 14.6. The summed E-state index contributed by atoms with van der Waals surface area (Å²) >= 11 is 0. The fourth-order valence-corrected chi connectivity index (χ4v) is 3.79. The summed E-state index contributed by atoms with van der Waals surface area (Å²) in [5.41, 5.74) is -0.0861. The number of hydrogen-bond acceptors (Lipinski definition) is 7. The van der Waals surface area contributed by atoms with Gasteiger partial charge in [0.15, 0.2) is 21.4 Å². The van der Waals surface area contributed by atoms with E-state index in [9.17, 15) is 22.8 Å². The summed E-state index contributed by atoms with van der Waals surface area (Å²) in [7, 11) is -3.75. The Balaban J connectivity index is 2.61. The van der Waals surface area contributed by atoms with Gasteiger partial charge in [-0.05, 0) is 58.2 Å². The quantitative estimate of drug-likeness (QED) is 0.150. The highest BCUT2D eigenvalue weighted by Gasteiger charge is 2.36. The van der Waals surface area contributed by atoms with Crippen LogP contribution in [0.25, 0.3) is 0 Å². The highest BCUT2D eigenvalue weighted by atomic mass is 32.2. The standard InChI is InChI=1S/C21H26O7S/c1-6-27-11-16(19(22)14-7-8-14)20(23)15-9-10-17(29(5,25)26)18(13(15)4)21(24)28-12(2)3/h9-12,14H,6-8H2,1-5H3. The predicted octanol–water partition coefficient (Wildman–Crippen LogP) is 3.05. The molecule has 1 aliphatic carbocycles. The zero-order chi connectivity index (χ0) is 21.9. The van der Waals surface area contributed by atoms with Gasteiger partial charge in [-0.3, -0.25) is 9.59 Å². The first-order valence-corrected chi connectivity index (χ1v) is 11.3. The van der Waals surface area contributed by atoms with E-state index >= 15 is 0 Å². The lowest BCUT2D eigenvalue weighted by Gasteiger charge is -2.16. The van der Waals surface area contributed by atoms with Crippen molar-refractivity contribution in [1.29, 1.82) is 0 Å².